The Hall–Kier alpha value is -1.64. The number of aryl methyl sites for hydroxylation is 2. The lowest BCUT2D eigenvalue weighted by molar-refractivity contribution is 0.0594. The molecule has 0 fully saturated rings. The van der Waals surface area contributed by atoms with Crippen molar-refractivity contribution in [1.82, 2.24) is 4.31 Å². The number of nitrogens with zero attached hydrogens (tertiary/aromatic N) is 1. The van der Waals surface area contributed by atoms with E-state index in [4.69, 9.17) is 9.52 Å². The molecule has 0 atom stereocenters. The Labute approximate surface area is 123 Å². The average Bonchev–Trinajstić information content (AvgIpc) is 2.73. The third-order valence-electron chi connectivity index (χ3n) is 2.87. The summed E-state index contributed by atoms with van der Waals surface area (Å²) >= 11 is 0. The monoisotopic (exact) mass is 317 g/mol. The Bertz CT molecular complexity index is 631. The Balaban J connectivity index is 3.49. The van der Waals surface area contributed by atoms with Crippen LogP contribution in [-0.2, 0) is 14.8 Å². The number of methoxy groups -OCH3 is 1. The average molecular weight is 317 g/mol. The highest BCUT2D eigenvalue weighted by atomic mass is 32.2. The lowest BCUT2D eigenvalue weighted by atomic mass is 10.2. The second-order valence-corrected chi connectivity index (χ2v) is 6.16. The summed E-state index contributed by atoms with van der Waals surface area (Å²) in [6.45, 7) is 5.98. The molecular formula is C13H19NO6S. The summed E-state index contributed by atoms with van der Waals surface area (Å²) in [5.74, 6) is -0.522. The number of aliphatic hydroxyl groups is 1. The molecule has 1 N–H and O–H groups in total. The highest BCUT2D eigenvalue weighted by molar-refractivity contribution is 7.89. The van der Waals surface area contributed by atoms with E-state index in [0.717, 1.165) is 11.4 Å². The molecule has 0 aliphatic carbocycles. The first-order valence-corrected chi connectivity index (χ1v) is 7.65. The van der Waals surface area contributed by atoms with Crippen LogP contribution in [0.3, 0.4) is 0 Å². The quantitative estimate of drug-likeness (QED) is 0.591. The third kappa shape index (κ3) is 3.34. The van der Waals surface area contributed by atoms with Gasteiger partial charge in [-0.3, -0.25) is 0 Å². The summed E-state index contributed by atoms with van der Waals surface area (Å²) in [5, 5.41) is 9.02. The number of sulfonamides is 1. The normalized spacial score (nSPS) is 11.7. The van der Waals surface area contributed by atoms with Crippen LogP contribution in [0.15, 0.2) is 22.0 Å². The summed E-state index contributed by atoms with van der Waals surface area (Å²) in [5.41, 5.74) is -0.123. The van der Waals surface area contributed by atoms with Crippen LogP contribution in [0.5, 0.6) is 0 Å². The van der Waals surface area contributed by atoms with Gasteiger partial charge in [-0.25, -0.2) is 13.2 Å². The van der Waals surface area contributed by atoms with Crippen molar-refractivity contribution in [3.63, 3.8) is 0 Å². The fourth-order valence-electron chi connectivity index (χ4n) is 2.01. The number of aliphatic hydroxyl groups excluding tert-OH is 1. The van der Waals surface area contributed by atoms with E-state index in [-0.39, 0.29) is 41.7 Å². The standard InChI is InChI=1S/C13H19NO6S/c1-5-6-14(7-8-15)21(17,18)12-10(3)20-9(2)11(12)13(16)19-4/h5,15H,1,6-8H2,2-4H3. The molecule has 0 saturated carbocycles. The summed E-state index contributed by atoms with van der Waals surface area (Å²) in [6.07, 6.45) is 1.40. The first-order chi connectivity index (χ1) is 9.81. The van der Waals surface area contributed by atoms with Crippen molar-refractivity contribution in [2.45, 2.75) is 18.7 Å². The predicted octanol–water partition coefficient (Wildman–Crippen LogP) is 0.852. The van der Waals surface area contributed by atoms with E-state index in [1.54, 1.807) is 0 Å². The maximum absolute atomic E-state index is 12.7. The zero-order chi connectivity index (χ0) is 16.2. The topological polar surface area (TPSA) is 97.0 Å². The maximum atomic E-state index is 12.7. The number of carbonyl (C=O) groups is 1. The first-order valence-electron chi connectivity index (χ1n) is 6.21. The van der Waals surface area contributed by atoms with Gasteiger partial charge in [-0.2, -0.15) is 4.31 Å². The first kappa shape index (κ1) is 17.4. The number of carbonyl (C=O) groups excluding carboxylic acids is 1. The van der Waals surface area contributed by atoms with Crippen molar-refractivity contribution in [3.8, 4) is 0 Å². The molecule has 21 heavy (non-hydrogen) atoms. The van der Waals surface area contributed by atoms with Crippen LogP contribution in [0.25, 0.3) is 0 Å². The molecule has 8 heteroatoms. The van der Waals surface area contributed by atoms with E-state index in [0.29, 0.717) is 0 Å². The molecule has 7 nitrogen and oxygen atoms in total. The van der Waals surface area contributed by atoms with E-state index < -0.39 is 16.0 Å². The fraction of sp³-hybridized carbons (Fsp3) is 0.462. The van der Waals surface area contributed by atoms with E-state index in [1.165, 1.54) is 19.9 Å². The summed E-state index contributed by atoms with van der Waals surface area (Å²) in [4.78, 5) is 11.6. The van der Waals surface area contributed by atoms with Crippen molar-refractivity contribution < 1.29 is 27.5 Å². The van der Waals surface area contributed by atoms with Crippen molar-refractivity contribution >= 4 is 16.0 Å². The number of rotatable bonds is 7. The number of furan rings is 1. The van der Waals surface area contributed by atoms with Gasteiger partial charge in [0.05, 0.1) is 13.7 Å². The van der Waals surface area contributed by atoms with Gasteiger partial charge in [0.2, 0.25) is 10.0 Å². The highest BCUT2D eigenvalue weighted by Gasteiger charge is 2.35. The van der Waals surface area contributed by atoms with E-state index in [9.17, 15) is 13.2 Å². The van der Waals surface area contributed by atoms with Crippen molar-refractivity contribution in [3.05, 3.63) is 29.7 Å². The second-order valence-electron chi connectivity index (χ2n) is 4.29. The SMILES string of the molecule is C=CCN(CCO)S(=O)(=O)c1c(C)oc(C)c1C(=O)OC. The van der Waals surface area contributed by atoms with E-state index in [1.807, 2.05) is 0 Å². The molecule has 0 spiro atoms. The number of hydrogen-bond donors (Lipinski definition) is 1. The van der Waals surface area contributed by atoms with Crippen LogP contribution in [-0.4, -0.2) is 50.6 Å². The Morgan fingerprint density at radius 3 is 2.52 bits per heavy atom. The molecule has 0 aliphatic rings. The van der Waals surface area contributed by atoms with E-state index >= 15 is 0 Å². The van der Waals surface area contributed by atoms with Crippen LogP contribution in [0.2, 0.25) is 0 Å². The van der Waals surface area contributed by atoms with E-state index in [2.05, 4.69) is 11.3 Å². The van der Waals surface area contributed by atoms with Crippen LogP contribution in [0.1, 0.15) is 21.9 Å². The molecular weight excluding hydrogens is 298 g/mol. The van der Waals surface area contributed by atoms with Crippen LogP contribution in [0, 0.1) is 13.8 Å². The van der Waals surface area contributed by atoms with Gasteiger partial charge in [-0.1, -0.05) is 6.08 Å². The maximum Gasteiger partial charge on any atom is 0.342 e. The molecule has 0 radical (unpaired) electrons. The number of esters is 1. The molecule has 118 valence electrons. The minimum atomic E-state index is -4.01. The zero-order valence-corrected chi connectivity index (χ0v) is 13.1. The van der Waals surface area contributed by atoms with Gasteiger partial charge in [0, 0.05) is 13.1 Å². The fourth-order valence-corrected chi connectivity index (χ4v) is 3.78. The van der Waals surface area contributed by atoms with Gasteiger partial charge in [-0.15, -0.1) is 6.58 Å². The Kier molecular flexibility index (Phi) is 5.70. The number of ether oxygens (including phenoxy) is 1. The molecule has 0 aromatic carbocycles. The lowest BCUT2D eigenvalue weighted by Crippen LogP contribution is -2.34. The largest absolute Gasteiger partial charge is 0.465 e. The van der Waals surface area contributed by atoms with Crippen molar-refractivity contribution in [2.75, 3.05) is 26.8 Å². The zero-order valence-electron chi connectivity index (χ0n) is 12.2. The molecule has 0 amide bonds. The lowest BCUT2D eigenvalue weighted by Gasteiger charge is -2.19. The second kappa shape index (κ2) is 6.88. The minimum absolute atomic E-state index is 0.00712. The summed E-state index contributed by atoms with van der Waals surface area (Å²) in [6, 6.07) is 0. The summed E-state index contributed by atoms with van der Waals surface area (Å²) in [7, 11) is -2.85. The van der Waals surface area contributed by atoms with Gasteiger partial charge in [0.1, 0.15) is 22.0 Å². The molecule has 0 aliphatic heterocycles. The molecule has 1 heterocycles. The van der Waals surface area contributed by atoms with Gasteiger partial charge in [-0.05, 0) is 13.8 Å². The van der Waals surface area contributed by atoms with Crippen LogP contribution in [0.4, 0.5) is 0 Å². The smallest absolute Gasteiger partial charge is 0.342 e. The van der Waals surface area contributed by atoms with Gasteiger partial charge < -0.3 is 14.3 Å². The highest BCUT2D eigenvalue weighted by Crippen LogP contribution is 2.29. The van der Waals surface area contributed by atoms with Crippen LogP contribution < -0.4 is 0 Å². The Morgan fingerprint density at radius 1 is 1.43 bits per heavy atom. The molecule has 1 rings (SSSR count). The van der Waals surface area contributed by atoms with Gasteiger partial charge in [0.25, 0.3) is 0 Å². The molecule has 0 unspecified atom stereocenters. The van der Waals surface area contributed by atoms with Gasteiger partial charge in [0.15, 0.2) is 0 Å². The molecule has 1 aromatic rings. The third-order valence-corrected chi connectivity index (χ3v) is 4.89. The predicted molar refractivity (Wildman–Crippen MR) is 75.6 cm³/mol. The van der Waals surface area contributed by atoms with Crippen molar-refractivity contribution in [2.24, 2.45) is 0 Å². The molecule has 1 aromatic heterocycles. The summed E-state index contributed by atoms with van der Waals surface area (Å²) < 4.78 is 36.3. The van der Waals surface area contributed by atoms with Crippen LogP contribution >= 0.6 is 0 Å². The number of hydrogen-bond acceptors (Lipinski definition) is 6. The van der Waals surface area contributed by atoms with Gasteiger partial charge >= 0.3 is 5.97 Å². The Morgan fingerprint density at radius 2 is 2.05 bits per heavy atom. The molecule has 0 saturated heterocycles. The minimum Gasteiger partial charge on any atom is -0.465 e. The molecule has 0 bridgehead atoms. The van der Waals surface area contributed by atoms with Crippen molar-refractivity contribution in [1.29, 1.82) is 0 Å².